The molecule has 4 heteroatoms. The minimum absolute atomic E-state index is 0.0944. The Hall–Kier alpha value is -1.32. The van der Waals surface area contributed by atoms with Crippen LogP contribution in [0.4, 0.5) is 0 Å². The molecule has 1 aromatic rings. The molecule has 0 saturated heterocycles. The molecule has 0 fully saturated rings. The van der Waals surface area contributed by atoms with Crippen molar-refractivity contribution in [2.75, 3.05) is 0 Å². The minimum Gasteiger partial charge on any atom is -0.348 e. The highest BCUT2D eigenvalue weighted by molar-refractivity contribution is 5.92. The average molecular weight is 195 g/mol. The zero-order valence-corrected chi connectivity index (χ0v) is 9.16. The van der Waals surface area contributed by atoms with E-state index < -0.39 is 0 Å². The quantitative estimate of drug-likeness (QED) is 0.789. The van der Waals surface area contributed by atoms with E-state index in [2.05, 4.69) is 10.4 Å². The normalized spacial score (nSPS) is 12.6. The summed E-state index contributed by atoms with van der Waals surface area (Å²) in [5, 5.41) is 6.97. The van der Waals surface area contributed by atoms with E-state index in [1.807, 2.05) is 27.8 Å². The highest BCUT2D eigenvalue weighted by Crippen LogP contribution is 2.01. The molecule has 1 rings (SSSR count). The number of hydrogen-bond acceptors (Lipinski definition) is 2. The van der Waals surface area contributed by atoms with E-state index in [0.29, 0.717) is 5.69 Å². The summed E-state index contributed by atoms with van der Waals surface area (Å²) in [6, 6.07) is 1.99. The van der Waals surface area contributed by atoms with E-state index in [1.165, 1.54) is 0 Å². The predicted molar refractivity (Wildman–Crippen MR) is 55.2 cm³/mol. The maximum absolute atomic E-state index is 11.6. The fraction of sp³-hybridized carbons (Fsp3) is 0.600. The van der Waals surface area contributed by atoms with Crippen molar-refractivity contribution in [3.05, 3.63) is 17.5 Å². The van der Waals surface area contributed by atoms with Crippen molar-refractivity contribution < 1.29 is 4.79 Å². The first-order valence-electron chi connectivity index (χ1n) is 4.86. The summed E-state index contributed by atoms with van der Waals surface area (Å²) in [7, 11) is 1.83. The van der Waals surface area contributed by atoms with Crippen LogP contribution in [0.1, 0.15) is 36.5 Å². The fourth-order valence-electron chi connectivity index (χ4n) is 1.07. The van der Waals surface area contributed by atoms with Gasteiger partial charge in [0.05, 0.1) is 0 Å². The first-order chi connectivity index (χ1) is 6.54. The van der Waals surface area contributed by atoms with Crippen molar-refractivity contribution >= 4 is 5.91 Å². The molecular formula is C10H17N3O. The second-order valence-electron chi connectivity index (χ2n) is 3.58. The van der Waals surface area contributed by atoms with Gasteiger partial charge in [-0.05, 0) is 26.3 Å². The van der Waals surface area contributed by atoms with E-state index in [9.17, 15) is 4.79 Å². The van der Waals surface area contributed by atoms with E-state index in [-0.39, 0.29) is 11.9 Å². The summed E-state index contributed by atoms with van der Waals surface area (Å²) in [6.45, 7) is 5.94. The summed E-state index contributed by atoms with van der Waals surface area (Å²) in [4.78, 5) is 11.6. The highest BCUT2D eigenvalue weighted by Gasteiger charge is 2.12. The zero-order chi connectivity index (χ0) is 10.7. The SMILES string of the molecule is CC[C@@H](C)NC(=O)c1cc(C)n(C)n1. The number of rotatable bonds is 3. The summed E-state index contributed by atoms with van der Waals surface area (Å²) in [5.74, 6) is -0.0944. The van der Waals surface area contributed by atoms with Crippen LogP contribution < -0.4 is 5.32 Å². The Bertz CT molecular complexity index is 311. The zero-order valence-electron chi connectivity index (χ0n) is 9.16. The Balaban J connectivity index is 2.70. The monoisotopic (exact) mass is 195 g/mol. The van der Waals surface area contributed by atoms with Crippen molar-refractivity contribution in [2.24, 2.45) is 7.05 Å². The standard InChI is InChI=1S/C10H17N3O/c1-5-7(2)11-10(14)9-6-8(3)13(4)12-9/h6-7H,5H2,1-4H3,(H,11,14)/t7-/m1/s1. The number of carbonyl (C=O) groups is 1. The second kappa shape index (κ2) is 4.26. The van der Waals surface area contributed by atoms with E-state index >= 15 is 0 Å². The number of aromatic nitrogens is 2. The Morgan fingerprint density at radius 1 is 1.71 bits per heavy atom. The van der Waals surface area contributed by atoms with Gasteiger partial charge >= 0.3 is 0 Å². The molecule has 1 atom stereocenters. The van der Waals surface area contributed by atoms with Crippen LogP contribution in [0.2, 0.25) is 0 Å². The average Bonchev–Trinajstić information content (AvgIpc) is 2.47. The molecule has 1 amide bonds. The van der Waals surface area contributed by atoms with Crippen molar-refractivity contribution in [3.63, 3.8) is 0 Å². The van der Waals surface area contributed by atoms with Crippen LogP contribution in [0, 0.1) is 6.92 Å². The predicted octanol–water partition coefficient (Wildman–Crippen LogP) is 1.26. The van der Waals surface area contributed by atoms with Gasteiger partial charge in [0.1, 0.15) is 5.69 Å². The molecule has 78 valence electrons. The van der Waals surface area contributed by atoms with Crippen LogP contribution in [0.25, 0.3) is 0 Å². The molecule has 0 bridgehead atoms. The largest absolute Gasteiger partial charge is 0.348 e. The third kappa shape index (κ3) is 2.34. The lowest BCUT2D eigenvalue weighted by molar-refractivity contribution is 0.0933. The van der Waals surface area contributed by atoms with E-state index in [0.717, 1.165) is 12.1 Å². The van der Waals surface area contributed by atoms with Crippen molar-refractivity contribution in [1.29, 1.82) is 0 Å². The molecule has 0 aromatic carbocycles. The third-order valence-electron chi connectivity index (χ3n) is 2.34. The van der Waals surface area contributed by atoms with Gasteiger partial charge in [0.15, 0.2) is 0 Å². The van der Waals surface area contributed by atoms with Gasteiger partial charge in [-0.15, -0.1) is 0 Å². The smallest absolute Gasteiger partial charge is 0.271 e. The number of aryl methyl sites for hydroxylation is 2. The van der Waals surface area contributed by atoms with Crippen LogP contribution in [0.15, 0.2) is 6.07 Å². The van der Waals surface area contributed by atoms with Crippen molar-refractivity contribution in [1.82, 2.24) is 15.1 Å². The topological polar surface area (TPSA) is 46.9 Å². The van der Waals surface area contributed by atoms with Gasteiger partial charge in [-0.3, -0.25) is 9.48 Å². The molecule has 14 heavy (non-hydrogen) atoms. The highest BCUT2D eigenvalue weighted by atomic mass is 16.2. The number of amides is 1. The molecule has 0 saturated carbocycles. The molecule has 0 unspecified atom stereocenters. The molecule has 0 aliphatic rings. The molecule has 0 aliphatic carbocycles. The van der Waals surface area contributed by atoms with Crippen LogP contribution >= 0.6 is 0 Å². The first kappa shape index (κ1) is 10.8. The van der Waals surface area contributed by atoms with Gasteiger partial charge in [0.2, 0.25) is 0 Å². The van der Waals surface area contributed by atoms with Crippen molar-refractivity contribution in [3.8, 4) is 0 Å². The Morgan fingerprint density at radius 3 is 2.79 bits per heavy atom. The maximum atomic E-state index is 11.6. The molecule has 0 radical (unpaired) electrons. The molecule has 1 heterocycles. The number of carbonyl (C=O) groups excluding carboxylic acids is 1. The van der Waals surface area contributed by atoms with Gasteiger partial charge in [-0.2, -0.15) is 5.10 Å². The molecule has 0 spiro atoms. The molecular weight excluding hydrogens is 178 g/mol. The molecule has 0 aliphatic heterocycles. The van der Waals surface area contributed by atoms with Gasteiger partial charge in [-0.25, -0.2) is 0 Å². The van der Waals surface area contributed by atoms with Gasteiger partial charge in [-0.1, -0.05) is 6.92 Å². The molecule has 1 N–H and O–H groups in total. The summed E-state index contributed by atoms with van der Waals surface area (Å²) < 4.78 is 1.70. The number of hydrogen-bond donors (Lipinski definition) is 1. The lowest BCUT2D eigenvalue weighted by Crippen LogP contribution is -2.32. The van der Waals surface area contributed by atoms with Crippen LogP contribution in [0.5, 0.6) is 0 Å². The lowest BCUT2D eigenvalue weighted by Gasteiger charge is -2.09. The Kier molecular flexibility index (Phi) is 3.28. The Labute approximate surface area is 84.3 Å². The molecule has 4 nitrogen and oxygen atoms in total. The lowest BCUT2D eigenvalue weighted by atomic mass is 10.2. The van der Waals surface area contributed by atoms with Crippen LogP contribution in [0.3, 0.4) is 0 Å². The second-order valence-corrected chi connectivity index (χ2v) is 3.58. The summed E-state index contributed by atoms with van der Waals surface area (Å²) in [6.07, 6.45) is 0.928. The van der Waals surface area contributed by atoms with E-state index in [4.69, 9.17) is 0 Å². The third-order valence-corrected chi connectivity index (χ3v) is 2.34. The van der Waals surface area contributed by atoms with Crippen LogP contribution in [-0.2, 0) is 7.05 Å². The molecule has 1 aromatic heterocycles. The van der Waals surface area contributed by atoms with Crippen LogP contribution in [-0.4, -0.2) is 21.7 Å². The van der Waals surface area contributed by atoms with Gasteiger partial charge < -0.3 is 5.32 Å². The maximum Gasteiger partial charge on any atom is 0.271 e. The van der Waals surface area contributed by atoms with Gasteiger partial charge in [0, 0.05) is 18.8 Å². The van der Waals surface area contributed by atoms with Gasteiger partial charge in [0.25, 0.3) is 5.91 Å². The van der Waals surface area contributed by atoms with E-state index in [1.54, 1.807) is 10.7 Å². The van der Waals surface area contributed by atoms with Crippen molar-refractivity contribution in [2.45, 2.75) is 33.2 Å². The summed E-state index contributed by atoms with van der Waals surface area (Å²) >= 11 is 0. The minimum atomic E-state index is -0.0944. The first-order valence-corrected chi connectivity index (χ1v) is 4.86. The Morgan fingerprint density at radius 2 is 2.36 bits per heavy atom. The fourth-order valence-corrected chi connectivity index (χ4v) is 1.07. The summed E-state index contributed by atoms with van der Waals surface area (Å²) in [5.41, 5.74) is 1.48. The number of nitrogens with one attached hydrogen (secondary N) is 1. The number of nitrogens with zero attached hydrogens (tertiary/aromatic N) is 2.